The molecule has 15 heavy (non-hydrogen) atoms. The Morgan fingerprint density at radius 1 is 1.20 bits per heavy atom. The maximum Gasteiger partial charge on any atom is 0.306 e. The summed E-state index contributed by atoms with van der Waals surface area (Å²) in [5.41, 5.74) is 1.22. The minimum absolute atomic E-state index is 0.179. The second-order valence-corrected chi connectivity index (χ2v) is 5.96. The van der Waals surface area contributed by atoms with Crippen molar-refractivity contribution in [2.24, 2.45) is 0 Å². The van der Waals surface area contributed by atoms with Crippen molar-refractivity contribution in [2.45, 2.75) is 31.9 Å². The van der Waals surface area contributed by atoms with Gasteiger partial charge in [0, 0.05) is 0 Å². The first-order valence-corrected chi connectivity index (χ1v) is 6.26. The van der Waals surface area contributed by atoms with Crippen LogP contribution in [-0.2, 0) is 21.4 Å². The summed E-state index contributed by atoms with van der Waals surface area (Å²) >= 11 is 0. The monoisotopic (exact) mass is 230 g/mol. The van der Waals surface area contributed by atoms with E-state index in [0.29, 0.717) is 5.56 Å². The minimum Gasteiger partial charge on any atom is -0.194 e. The molecular weight excluding hydrogens is 215 g/mol. The number of halogens is 1. The van der Waals surface area contributed by atoms with Gasteiger partial charge in [0.05, 0.1) is 0 Å². The fourth-order valence-electron chi connectivity index (χ4n) is 1.56. The first-order chi connectivity index (χ1) is 6.70. The standard InChI is InChI=1S/C11H15FO2S/c1-11(2,3)10-7-5-4-6-9(10)8-15(12,13)14/h4-7H,8H2,1-3H3. The van der Waals surface area contributed by atoms with Crippen LogP contribution in [0, 0.1) is 0 Å². The molecule has 1 rings (SSSR count). The van der Waals surface area contributed by atoms with Crippen molar-refractivity contribution in [3.63, 3.8) is 0 Å². The van der Waals surface area contributed by atoms with E-state index >= 15 is 0 Å². The van der Waals surface area contributed by atoms with Gasteiger partial charge < -0.3 is 0 Å². The molecular formula is C11H15FO2S. The van der Waals surface area contributed by atoms with Crippen LogP contribution in [0.15, 0.2) is 24.3 Å². The van der Waals surface area contributed by atoms with Crippen LogP contribution < -0.4 is 0 Å². The predicted molar refractivity (Wildman–Crippen MR) is 58.9 cm³/mol. The molecule has 2 nitrogen and oxygen atoms in total. The lowest BCUT2D eigenvalue weighted by Gasteiger charge is -2.22. The van der Waals surface area contributed by atoms with Gasteiger partial charge in [-0.2, -0.15) is 8.42 Å². The molecule has 0 saturated carbocycles. The maximum atomic E-state index is 12.6. The molecule has 0 N–H and O–H groups in total. The van der Waals surface area contributed by atoms with E-state index in [1.54, 1.807) is 12.1 Å². The average Bonchev–Trinajstić information content (AvgIpc) is 1.99. The smallest absolute Gasteiger partial charge is 0.194 e. The lowest BCUT2D eigenvalue weighted by Crippen LogP contribution is -2.15. The van der Waals surface area contributed by atoms with Gasteiger partial charge >= 0.3 is 10.2 Å². The average molecular weight is 230 g/mol. The third-order valence-corrected chi connectivity index (χ3v) is 2.81. The van der Waals surface area contributed by atoms with Crippen molar-refractivity contribution in [1.29, 1.82) is 0 Å². The molecule has 0 radical (unpaired) electrons. The third kappa shape index (κ3) is 3.63. The van der Waals surface area contributed by atoms with E-state index in [-0.39, 0.29) is 5.41 Å². The highest BCUT2D eigenvalue weighted by molar-refractivity contribution is 7.85. The zero-order chi connectivity index (χ0) is 11.7. The summed E-state index contributed by atoms with van der Waals surface area (Å²) in [6.07, 6.45) is 0. The van der Waals surface area contributed by atoms with Crippen molar-refractivity contribution in [1.82, 2.24) is 0 Å². The van der Waals surface area contributed by atoms with Gasteiger partial charge in [-0.1, -0.05) is 45.0 Å². The summed E-state index contributed by atoms with van der Waals surface area (Å²) in [4.78, 5) is 0. The second kappa shape index (κ2) is 3.93. The molecule has 0 aliphatic carbocycles. The van der Waals surface area contributed by atoms with Crippen molar-refractivity contribution in [2.75, 3.05) is 0 Å². The summed E-state index contributed by atoms with van der Waals surface area (Å²) in [6.45, 7) is 5.91. The summed E-state index contributed by atoms with van der Waals surface area (Å²) in [5, 5.41) is 0. The molecule has 0 amide bonds. The molecule has 0 fully saturated rings. The Morgan fingerprint density at radius 3 is 2.20 bits per heavy atom. The Hall–Kier alpha value is -0.900. The molecule has 84 valence electrons. The van der Waals surface area contributed by atoms with E-state index < -0.39 is 16.0 Å². The Bertz CT molecular complexity index is 444. The van der Waals surface area contributed by atoms with Crippen molar-refractivity contribution < 1.29 is 12.3 Å². The highest BCUT2D eigenvalue weighted by atomic mass is 32.3. The first-order valence-electron chi connectivity index (χ1n) is 4.71. The molecule has 1 aromatic carbocycles. The molecule has 1 aromatic rings. The van der Waals surface area contributed by atoms with Crippen LogP contribution in [0.2, 0.25) is 0 Å². The minimum atomic E-state index is -4.46. The van der Waals surface area contributed by atoms with Gasteiger partial charge in [-0.3, -0.25) is 0 Å². The quantitative estimate of drug-likeness (QED) is 0.732. The second-order valence-electron chi connectivity index (χ2n) is 4.59. The van der Waals surface area contributed by atoms with Crippen LogP contribution in [0.1, 0.15) is 31.9 Å². The van der Waals surface area contributed by atoms with Gasteiger partial charge in [-0.05, 0) is 16.5 Å². The molecule has 0 heterocycles. The lowest BCUT2D eigenvalue weighted by atomic mass is 9.84. The van der Waals surface area contributed by atoms with E-state index in [1.165, 1.54) is 0 Å². The number of hydrogen-bond acceptors (Lipinski definition) is 2. The Morgan fingerprint density at radius 2 is 1.73 bits per heavy atom. The fourth-order valence-corrected chi connectivity index (χ4v) is 2.19. The third-order valence-electron chi connectivity index (χ3n) is 2.15. The Labute approximate surface area is 90.3 Å². The summed E-state index contributed by atoms with van der Waals surface area (Å²) < 4.78 is 33.8. The van der Waals surface area contributed by atoms with E-state index in [2.05, 4.69) is 0 Å². The highest BCUT2D eigenvalue weighted by Gasteiger charge is 2.20. The zero-order valence-electron chi connectivity index (χ0n) is 9.12. The molecule has 0 bridgehead atoms. The molecule has 0 unspecified atom stereocenters. The van der Waals surface area contributed by atoms with E-state index in [4.69, 9.17) is 0 Å². The molecule has 0 aliphatic rings. The SMILES string of the molecule is CC(C)(C)c1ccccc1CS(=O)(=O)F. The zero-order valence-corrected chi connectivity index (χ0v) is 9.94. The van der Waals surface area contributed by atoms with Crippen molar-refractivity contribution in [3.05, 3.63) is 35.4 Å². The maximum absolute atomic E-state index is 12.6. The molecule has 0 spiro atoms. The molecule has 0 atom stereocenters. The van der Waals surface area contributed by atoms with E-state index in [1.807, 2.05) is 32.9 Å². The molecule has 0 aliphatic heterocycles. The van der Waals surface area contributed by atoms with Gasteiger partial charge in [-0.15, -0.1) is 3.89 Å². The van der Waals surface area contributed by atoms with Crippen molar-refractivity contribution >= 4 is 10.2 Å². The molecule has 4 heteroatoms. The highest BCUT2D eigenvalue weighted by Crippen LogP contribution is 2.27. The molecule has 0 saturated heterocycles. The first kappa shape index (κ1) is 12.2. The van der Waals surface area contributed by atoms with Crippen molar-refractivity contribution in [3.8, 4) is 0 Å². The molecule has 0 aromatic heterocycles. The van der Waals surface area contributed by atoms with Crippen LogP contribution in [-0.4, -0.2) is 8.42 Å². The van der Waals surface area contributed by atoms with Gasteiger partial charge in [0.1, 0.15) is 5.75 Å². The largest absolute Gasteiger partial charge is 0.306 e. The number of hydrogen-bond donors (Lipinski definition) is 0. The summed E-state index contributed by atoms with van der Waals surface area (Å²) in [6, 6.07) is 7.03. The Kier molecular flexibility index (Phi) is 3.19. The van der Waals surface area contributed by atoms with Gasteiger partial charge in [0.2, 0.25) is 0 Å². The van der Waals surface area contributed by atoms with Crippen LogP contribution >= 0.6 is 0 Å². The van der Waals surface area contributed by atoms with Crippen LogP contribution in [0.4, 0.5) is 3.89 Å². The van der Waals surface area contributed by atoms with E-state index in [9.17, 15) is 12.3 Å². The van der Waals surface area contributed by atoms with Crippen LogP contribution in [0.5, 0.6) is 0 Å². The lowest BCUT2D eigenvalue weighted by molar-refractivity contribution is 0.548. The van der Waals surface area contributed by atoms with Gasteiger partial charge in [-0.25, -0.2) is 0 Å². The van der Waals surface area contributed by atoms with E-state index in [0.717, 1.165) is 5.56 Å². The summed E-state index contributed by atoms with van der Waals surface area (Å²) in [7, 11) is -4.46. The normalized spacial score (nSPS) is 12.8. The topological polar surface area (TPSA) is 34.1 Å². The summed E-state index contributed by atoms with van der Waals surface area (Å²) in [5.74, 6) is -0.541. The Balaban J connectivity index is 3.19. The number of rotatable bonds is 2. The number of benzene rings is 1. The fraction of sp³-hybridized carbons (Fsp3) is 0.455. The van der Waals surface area contributed by atoms with Crippen LogP contribution in [0.3, 0.4) is 0 Å². The van der Waals surface area contributed by atoms with Crippen LogP contribution in [0.25, 0.3) is 0 Å². The van der Waals surface area contributed by atoms with Gasteiger partial charge in [0.25, 0.3) is 0 Å². The predicted octanol–water partition coefficient (Wildman–Crippen LogP) is 2.78. The van der Waals surface area contributed by atoms with Gasteiger partial charge in [0.15, 0.2) is 0 Å².